The summed E-state index contributed by atoms with van der Waals surface area (Å²) in [5.41, 5.74) is 1.43. The summed E-state index contributed by atoms with van der Waals surface area (Å²) in [5.74, 6) is -0.568. The van der Waals surface area contributed by atoms with Crippen LogP contribution in [0.5, 0.6) is 17.2 Å². The lowest BCUT2D eigenvalue weighted by molar-refractivity contribution is 0.0463. The molecular formula is C23H20F2O5. The average Bonchev–Trinajstić information content (AvgIpc) is 2.77. The fourth-order valence-corrected chi connectivity index (χ4v) is 2.70. The highest BCUT2D eigenvalue weighted by atomic mass is 19.1. The van der Waals surface area contributed by atoms with E-state index in [-0.39, 0.29) is 41.9 Å². The van der Waals surface area contributed by atoms with Gasteiger partial charge < -0.3 is 18.9 Å². The number of ether oxygens (including phenoxy) is 4. The molecule has 0 spiro atoms. The third kappa shape index (κ3) is 5.26. The number of carbonyl (C=O) groups excluding carboxylic acids is 1. The zero-order valence-corrected chi connectivity index (χ0v) is 16.5. The molecule has 0 saturated carbocycles. The Hall–Kier alpha value is -3.61. The Bertz CT molecular complexity index is 1000. The molecule has 3 rings (SSSR count). The normalized spacial score (nSPS) is 10.4. The molecule has 0 N–H and O–H groups in total. The number of hydrogen-bond acceptors (Lipinski definition) is 5. The molecular weight excluding hydrogens is 394 g/mol. The molecule has 156 valence electrons. The molecule has 3 aromatic rings. The second-order valence-corrected chi connectivity index (χ2v) is 6.32. The summed E-state index contributed by atoms with van der Waals surface area (Å²) >= 11 is 0. The van der Waals surface area contributed by atoms with Gasteiger partial charge in [-0.3, -0.25) is 0 Å². The van der Waals surface area contributed by atoms with Gasteiger partial charge in [0.15, 0.2) is 0 Å². The highest BCUT2D eigenvalue weighted by molar-refractivity contribution is 5.96. The van der Waals surface area contributed by atoms with Gasteiger partial charge >= 0.3 is 5.97 Å². The Morgan fingerprint density at radius 2 is 1.30 bits per heavy atom. The molecule has 0 saturated heterocycles. The maximum atomic E-state index is 13.1. The Morgan fingerprint density at radius 1 is 0.767 bits per heavy atom. The van der Waals surface area contributed by atoms with E-state index < -0.39 is 5.97 Å². The molecule has 0 aliphatic carbocycles. The van der Waals surface area contributed by atoms with Crippen molar-refractivity contribution in [2.45, 2.75) is 13.2 Å². The number of rotatable bonds is 8. The number of carbonyl (C=O) groups is 1. The molecule has 0 bridgehead atoms. The fraction of sp³-hybridized carbons (Fsp3) is 0.174. The molecule has 0 radical (unpaired) electrons. The largest absolute Gasteiger partial charge is 0.496 e. The molecule has 3 aromatic carbocycles. The van der Waals surface area contributed by atoms with Gasteiger partial charge in [-0.15, -0.1) is 0 Å². The van der Waals surface area contributed by atoms with Gasteiger partial charge in [0.1, 0.15) is 47.7 Å². The van der Waals surface area contributed by atoms with Gasteiger partial charge in [-0.25, -0.2) is 13.6 Å². The SMILES string of the molecule is COc1cc(OC)c(C(=O)OCc2ccc(F)cc2)c(OCc2ccc(F)cc2)c1. The standard InChI is InChI=1S/C23H20F2O5/c1-27-19-11-20(28-2)22(23(26)30-14-16-5-9-18(25)10-6-16)21(12-19)29-13-15-3-7-17(24)8-4-15/h3-12H,13-14H2,1-2H3. The highest BCUT2D eigenvalue weighted by Gasteiger charge is 2.22. The minimum absolute atomic E-state index is 0.0499. The summed E-state index contributed by atoms with van der Waals surface area (Å²) < 4.78 is 47.9. The molecule has 0 heterocycles. The lowest BCUT2D eigenvalue weighted by Gasteiger charge is -2.16. The Balaban J connectivity index is 1.83. The van der Waals surface area contributed by atoms with Gasteiger partial charge in [0.25, 0.3) is 0 Å². The highest BCUT2D eigenvalue weighted by Crippen LogP contribution is 2.35. The van der Waals surface area contributed by atoms with Crippen molar-refractivity contribution in [3.8, 4) is 17.2 Å². The lowest BCUT2D eigenvalue weighted by Crippen LogP contribution is -2.11. The third-order valence-electron chi connectivity index (χ3n) is 4.29. The zero-order valence-electron chi connectivity index (χ0n) is 16.5. The maximum Gasteiger partial charge on any atom is 0.346 e. The summed E-state index contributed by atoms with van der Waals surface area (Å²) in [7, 11) is 2.89. The number of esters is 1. The van der Waals surface area contributed by atoms with Gasteiger partial charge in [-0.2, -0.15) is 0 Å². The summed E-state index contributed by atoms with van der Waals surface area (Å²) in [6.07, 6.45) is 0. The lowest BCUT2D eigenvalue weighted by atomic mass is 10.1. The van der Waals surface area contributed by atoms with Crippen molar-refractivity contribution in [2.75, 3.05) is 14.2 Å². The second kappa shape index (κ2) is 9.73. The average molecular weight is 414 g/mol. The van der Waals surface area contributed by atoms with E-state index in [0.717, 1.165) is 0 Å². The van der Waals surface area contributed by atoms with Crippen molar-refractivity contribution in [3.05, 3.63) is 89.0 Å². The Kier molecular flexibility index (Phi) is 6.85. The van der Waals surface area contributed by atoms with Gasteiger partial charge in [0.2, 0.25) is 0 Å². The van der Waals surface area contributed by atoms with Crippen LogP contribution < -0.4 is 14.2 Å². The van der Waals surface area contributed by atoms with E-state index in [1.807, 2.05) is 0 Å². The van der Waals surface area contributed by atoms with Crippen molar-refractivity contribution >= 4 is 5.97 Å². The molecule has 0 amide bonds. The molecule has 0 aliphatic rings. The summed E-state index contributed by atoms with van der Waals surface area (Å²) in [6, 6.07) is 14.5. The van der Waals surface area contributed by atoms with Crippen molar-refractivity contribution in [1.29, 1.82) is 0 Å². The molecule has 0 fully saturated rings. The molecule has 30 heavy (non-hydrogen) atoms. The quantitative estimate of drug-likeness (QED) is 0.490. The first kappa shape index (κ1) is 21.1. The van der Waals surface area contributed by atoms with E-state index in [2.05, 4.69) is 0 Å². The minimum Gasteiger partial charge on any atom is -0.496 e. The fourth-order valence-electron chi connectivity index (χ4n) is 2.70. The zero-order chi connectivity index (χ0) is 21.5. The maximum absolute atomic E-state index is 13.1. The predicted octanol–water partition coefficient (Wildman–Crippen LogP) is 4.92. The smallest absolute Gasteiger partial charge is 0.346 e. The molecule has 0 aliphatic heterocycles. The first-order chi connectivity index (χ1) is 14.5. The molecule has 0 unspecified atom stereocenters. The van der Waals surface area contributed by atoms with E-state index in [4.69, 9.17) is 18.9 Å². The van der Waals surface area contributed by atoms with Crippen LogP contribution in [0, 0.1) is 11.6 Å². The van der Waals surface area contributed by atoms with Crippen molar-refractivity contribution in [1.82, 2.24) is 0 Å². The second-order valence-electron chi connectivity index (χ2n) is 6.32. The van der Waals surface area contributed by atoms with E-state index in [0.29, 0.717) is 16.9 Å². The first-order valence-electron chi connectivity index (χ1n) is 9.05. The van der Waals surface area contributed by atoms with Crippen molar-refractivity contribution < 1.29 is 32.5 Å². The number of benzene rings is 3. The van der Waals surface area contributed by atoms with E-state index in [1.165, 1.54) is 50.6 Å². The number of halogens is 2. The third-order valence-corrected chi connectivity index (χ3v) is 4.29. The van der Waals surface area contributed by atoms with Crippen LogP contribution in [0.4, 0.5) is 8.78 Å². The summed E-state index contributed by atoms with van der Waals surface area (Å²) in [6.45, 7) is 0.0422. The van der Waals surface area contributed by atoms with Crippen LogP contribution in [0.3, 0.4) is 0 Å². The van der Waals surface area contributed by atoms with Gasteiger partial charge in [0.05, 0.1) is 14.2 Å². The molecule has 7 heteroatoms. The minimum atomic E-state index is -0.673. The van der Waals surface area contributed by atoms with E-state index in [9.17, 15) is 13.6 Å². The van der Waals surface area contributed by atoms with Crippen molar-refractivity contribution in [3.63, 3.8) is 0 Å². The summed E-state index contributed by atoms with van der Waals surface area (Å²) in [5, 5.41) is 0. The predicted molar refractivity (Wildman–Crippen MR) is 106 cm³/mol. The van der Waals surface area contributed by atoms with Crippen LogP contribution in [0.2, 0.25) is 0 Å². The van der Waals surface area contributed by atoms with Crippen LogP contribution in [0.1, 0.15) is 21.5 Å². The van der Waals surface area contributed by atoms with Crippen LogP contribution in [-0.2, 0) is 18.0 Å². The van der Waals surface area contributed by atoms with Gasteiger partial charge in [-0.1, -0.05) is 24.3 Å². The topological polar surface area (TPSA) is 54.0 Å². The van der Waals surface area contributed by atoms with Crippen molar-refractivity contribution in [2.24, 2.45) is 0 Å². The van der Waals surface area contributed by atoms with Crippen LogP contribution in [-0.4, -0.2) is 20.2 Å². The molecule has 0 aromatic heterocycles. The number of methoxy groups -OCH3 is 2. The Labute approximate surface area is 172 Å². The Morgan fingerprint density at radius 3 is 1.83 bits per heavy atom. The van der Waals surface area contributed by atoms with E-state index in [1.54, 1.807) is 24.3 Å². The van der Waals surface area contributed by atoms with Gasteiger partial charge in [-0.05, 0) is 35.4 Å². The van der Waals surface area contributed by atoms with Gasteiger partial charge in [0, 0.05) is 12.1 Å². The monoisotopic (exact) mass is 414 g/mol. The molecule has 5 nitrogen and oxygen atoms in total. The van der Waals surface area contributed by atoms with Crippen LogP contribution >= 0.6 is 0 Å². The van der Waals surface area contributed by atoms with E-state index >= 15 is 0 Å². The van der Waals surface area contributed by atoms with Crippen LogP contribution in [0.15, 0.2) is 60.7 Å². The number of hydrogen-bond donors (Lipinski definition) is 0. The first-order valence-corrected chi connectivity index (χ1v) is 9.05. The summed E-state index contributed by atoms with van der Waals surface area (Å²) in [4.78, 5) is 12.8. The van der Waals surface area contributed by atoms with Crippen LogP contribution in [0.25, 0.3) is 0 Å². The molecule has 0 atom stereocenters.